The Morgan fingerprint density at radius 1 is 1.07 bits per heavy atom. The quantitative estimate of drug-likeness (QED) is 0.529. The molecule has 15 heavy (non-hydrogen) atoms. The summed E-state index contributed by atoms with van der Waals surface area (Å²) in [7, 11) is 0. The highest BCUT2D eigenvalue weighted by Gasteiger charge is 2.36. The average Bonchev–Trinajstić information content (AvgIpc) is 2.05. The van der Waals surface area contributed by atoms with Crippen molar-refractivity contribution in [2.45, 2.75) is 5.38 Å². The molecule has 0 aliphatic heterocycles. The lowest BCUT2D eigenvalue weighted by Gasteiger charge is -2.11. The van der Waals surface area contributed by atoms with E-state index in [0.29, 0.717) is 0 Å². The second-order valence-corrected chi connectivity index (χ2v) is 3.55. The summed E-state index contributed by atoms with van der Waals surface area (Å²) in [6, 6.07) is 4.55. The molecule has 0 unspecified atom stereocenters. The van der Waals surface area contributed by atoms with Gasteiger partial charge in [0.25, 0.3) is 6.08 Å². The van der Waals surface area contributed by atoms with Crippen LogP contribution >= 0.6 is 23.2 Å². The lowest BCUT2D eigenvalue weighted by Crippen LogP contribution is -2.10. The molecule has 0 heterocycles. The SMILES string of the molecule is FC(F)=C(c1ccc(Cl)cc1)C(F)(F)Cl. The van der Waals surface area contributed by atoms with Gasteiger partial charge in [-0.25, -0.2) is 0 Å². The highest BCUT2D eigenvalue weighted by atomic mass is 35.5. The molecule has 82 valence electrons. The molecule has 0 aliphatic rings. The zero-order valence-corrected chi connectivity index (χ0v) is 8.59. The molecule has 0 bridgehead atoms. The van der Waals surface area contributed by atoms with Crippen molar-refractivity contribution in [3.8, 4) is 0 Å². The molecule has 1 aromatic carbocycles. The Hall–Kier alpha value is -0.740. The number of hydrogen-bond acceptors (Lipinski definition) is 0. The first-order valence-corrected chi connectivity index (χ1v) is 4.46. The third-order valence-corrected chi connectivity index (χ3v) is 2.05. The first-order valence-electron chi connectivity index (χ1n) is 3.71. The summed E-state index contributed by atoms with van der Waals surface area (Å²) in [5, 5.41) is -3.85. The van der Waals surface area contributed by atoms with Crippen molar-refractivity contribution in [1.82, 2.24) is 0 Å². The summed E-state index contributed by atoms with van der Waals surface area (Å²) in [4.78, 5) is 0. The van der Waals surface area contributed by atoms with E-state index in [1.54, 1.807) is 0 Å². The molecule has 0 spiro atoms. The largest absolute Gasteiger partial charge is 0.354 e. The van der Waals surface area contributed by atoms with Gasteiger partial charge in [0.15, 0.2) is 0 Å². The number of hydrogen-bond donors (Lipinski definition) is 0. The Balaban J connectivity index is 3.25. The van der Waals surface area contributed by atoms with E-state index in [1.165, 1.54) is 12.1 Å². The van der Waals surface area contributed by atoms with Crippen molar-refractivity contribution in [3.63, 3.8) is 0 Å². The van der Waals surface area contributed by atoms with Crippen LogP contribution < -0.4 is 0 Å². The minimum atomic E-state index is -4.10. The number of benzene rings is 1. The van der Waals surface area contributed by atoms with Crippen LogP contribution in [0.4, 0.5) is 17.6 Å². The minimum absolute atomic E-state index is 0.259. The van der Waals surface area contributed by atoms with Crippen LogP contribution in [-0.2, 0) is 0 Å². The fourth-order valence-electron chi connectivity index (χ4n) is 0.996. The van der Waals surface area contributed by atoms with Crippen LogP contribution in [0, 0.1) is 0 Å². The summed E-state index contributed by atoms with van der Waals surface area (Å²) in [5.41, 5.74) is -1.86. The molecule has 0 amide bonds. The Kier molecular flexibility index (Phi) is 3.62. The molecule has 0 aromatic heterocycles. The van der Waals surface area contributed by atoms with E-state index in [9.17, 15) is 17.6 Å². The predicted molar refractivity (Wildman–Crippen MR) is 51.4 cm³/mol. The summed E-state index contributed by atoms with van der Waals surface area (Å²) in [5.74, 6) is 0. The molecule has 0 atom stereocenters. The zero-order valence-electron chi connectivity index (χ0n) is 7.08. The third kappa shape index (κ3) is 3.11. The summed E-state index contributed by atoms with van der Waals surface area (Å²) < 4.78 is 49.8. The van der Waals surface area contributed by atoms with E-state index in [0.717, 1.165) is 12.1 Å². The zero-order chi connectivity index (χ0) is 11.6. The maximum Gasteiger partial charge on any atom is 0.354 e. The van der Waals surface area contributed by atoms with Crippen LogP contribution in [0.1, 0.15) is 5.56 Å². The number of rotatable bonds is 2. The van der Waals surface area contributed by atoms with Crippen molar-refractivity contribution in [3.05, 3.63) is 40.9 Å². The highest BCUT2D eigenvalue weighted by Crippen LogP contribution is 2.39. The van der Waals surface area contributed by atoms with Gasteiger partial charge in [0.1, 0.15) is 5.57 Å². The van der Waals surface area contributed by atoms with Crippen LogP contribution in [0.5, 0.6) is 0 Å². The van der Waals surface area contributed by atoms with Crippen LogP contribution in [-0.4, -0.2) is 5.38 Å². The van der Waals surface area contributed by atoms with Crippen LogP contribution in [0.2, 0.25) is 5.02 Å². The maximum atomic E-state index is 12.6. The number of alkyl halides is 3. The molecule has 6 heteroatoms. The van der Waals surface area contributed by atoms with E-state index in [-0.39, 0.29) is 10.6 Å². The molecule has 0 N–H and O–H groups in total. The first-order chi connectivity index (χ1) is 6.82. The molecule has 1 rings (SSSR count). The average molecular weight is 259 g/mol. The second-order valence-electron chi connectivity index (χ2n) is 2.64. The molecule has 0 fully saturated rings. The van der Waals surface area contributed by atoms with E-state index in [2.05, 4.69) is 11.6 Å². The fraction of sp³-hybridized carbons (Fsp3) is 0.111. The van der Waals surface area contributed by atoms with Crippen molar-refractivity contribution < 1.29 is 17.6 Å². The Morgan fingerprint density at radius 2 is 1.53 bits per heavy atom. The van der Waals surface area contributed by atoms with E-state index in [4.69, 9.17) is 11.6 Å². The Labute approximate surface area is 93.1 Å². The van der Waals surface area contributed by atoms with Gasteiger partial charge in [0.2, 0.25) is 0 Å². The smallest absolute Gasteiger partial charge is 0.183 e. The molecule has 0 aliphatic carbocycles. The third-order valence-electron chi connectivity index (χ3n) is 1.61. The normalized spacial score (nSPS) is 11.3. The van der Waals surface area contributed by atoms with Crippen molar-refractivity contribution >= 4 is 28.8 Å². The predicted octanol–water partition coefficient (Wildman–Crippen LogP) is 4.78. The van der Waals surface area contributed by atoms with Crippen molar-refractivity contribution in [2.24, 2.45) is 0 Å². The van der Waals surface area contributed by atoms with Gasteiger partial charge in [-0.1, -0.05) is 23.7 Å². The standard InChI is InChI=1S/C9H4Cl2F4/c10-6-3-1-5(2-4-6)7(8(12)13)9(11,14)15/h1-4H. The number of allylic oxidation sites excluding steroid dienone is 1. The minimum Gasteiger partial charge on any atom is -0.183 e. The van der Waals surface area contributed by atoms with Gasteiger partial charge >= 0.3 is 5.38 Å². The molecular weight excluding hydrogens is 255 g/mol. The topological polar surface area (TPSA) is 0 Å². The van der Waals surface area contributed by atoms with Crippen molar-refractivity contribution in [2.75, 3.05) is 0 Å². The lowest BCUT2D eigenvalue weighted by atomic mass is 10.1. The van der Waals surface area contributed by atoms with Crippen LogP contribution in [0.3, 0.4) is 0 Å². The number of halogens is 6. The highest BCUT2D eigenvalue weighted by molar-refractivity contribution is 6.30. The summed E-state index contributed by atoms with van der Waals surface area (Å²) in [6.45, 7) is 0. The molecule has 0 saturated carbocycles. The fourth-order valence-corrected chi connectivity index (χ4v) is 1.30. The van der Waals surface area contributed by atoms with Gasteiger partial charge < -0.3 is 0 Å². The van der Waals surface area contributed by atoms with E-state index in [1.807, 2.05) is 0 Å². The molecule has 0 radical (unpaired) electrons. The first kappa shape index (κ1) is 12.3. The van der Waals surface area contributed by atoms with Gasteiger partial charge in [-0.3, -0.25) is 0 Å². The monoisotopic (exact) mass is 258 g/mol. The Bertz CT molecular complexity index is 374. The molecule has 0 nitrogen and oxygen atoms in total. The van der Waals surface area contributed by atoms with E-state index >= 15 is 0 Å². The molecular formula is C9H4Cl2F4. The summed E-state index contributed by atoms with van der Waals surface area (Å²) in [6.07, 6.45) is -2.52. The lowest BCUT2D eigenvalue weighted by molar-refractivity contribution is 0.159. The van der Waals surface area contributed by atoms with Gasteiger partial charge in [0.05, 0.1) is 0 Å². The van der Waals surface area contributed by atoms with Crippen LogP contribution in [0.15, 0.2) is 30.3 Å². The van der Waals surface area contributed by atoms with Crippen LogP contribution in [0.25, 0.3) is 5.57 Å². The Morgan fingerprint density at radius 3 is 1.87 bits per heavy atom. The van der Waals surface area contributed by atoms with Gasteiger partial charge in [-0.05, 0) is 29.3 Å². The van der Waals surface area contributed by atoms with Gasteiger partial charge in [0, 0.05) is 5.02 Å². The molecule has 1 aromatic rings. The van der Waals surface area contributed by atoms with Gasteiger partial charge in [-0.15, -0.1) is 0 Å². The second kappa shape index (κ2) is 4.41. The maximum absolute atomic E-state index is 12.6. The molecule has 0 saturated heterocycles. The van der Waals surface area contributed by atoms with Crippen molar-refractivity contribution in [1.29, 1.82) is 0 Å². The summed E-state index contributed by atoms with van der Waals surface area (Å²) >= 11 is 10.1. The van der Waals surface area contributed by atoms with E-state index < -0.39 is 17.0 Å². The van der Waals surface area contributed by atoms with Gasteiger partial charge in [-0.2, -0.15) is 17.6 Å².